The first-order chi connectivity index (χ1) is 9.74. The van der Waals surface area contributed by atoms with E-state index in [2.05, 4.69) is 5.32 Å². The van der Waals surface area contributed by atoms with Gasteiger partial charge in [-0.3, -0.25) is 4.79 Å². The maximum Gasteiger partial charge on any atom is 0.416 e. The lowest BCUT2D eigenvalue weighted by Crippen LogP contribution is -2.54. The second-order valence-electron chi connectivity index (χ2n) is 4.72. The smallest absolute Gasteiger partial charge is 0.416 e. The lowest BCUT2D eigenvalue weighted by molar-refractivity contribution is -0.143. The largest absolute Gasteiger partial charge is 0.479 e. The summed E-state index contributed by atoms with van der Waals surface area (Å²) >= 11 is 1.38. The van der Waals surface area contributed by atoms with Crippen LogP contribution in [0.4, 0.5) is 13.2 Å². The molecule has 0 aromatic heterocycles. The topological polar surface area (TPSA) is 66.4 Å². The average Bonchev–Trinajstić information content (AvgIpc) is 2.88. The third kappa shape index (κ3) is 3.31. The monoisotopic (exact) mass is 319 g/mol. The van der Waals surface area contributed by atoms with Crippen molar-refractivity contribution < 1.29 is 27.9 Å². The molecule has 8 heteroatoms. The van der Waals surface area contributed by atoms with Crippen molar-refractivity contribution in [1.29, 1.82) is 0 Å². The van der Waals surface area contributed by atoms with Crippen molar-refractivity contribution in [1.82, 2.24) is 5.32 Å². The lowest BCUT2D eigenvalue weighted by Gasteiger charge is -2.24. The van der Waals surface area contributed by atoms with Crippen LogP contribution >= 0.6 is 11.8 Å². The molecule has 1 aromatic carbocycles. The first kappa shape index (κ1) is 15.7. The number of hydrogen-bond donors (Lipinski definition) is 2. The minimum Gasteiger partial charge on any atom is -0.479 e. The Morgan fingerprint density at radius 2 is 2.05 bits per heavy atom. The molecule has 114 valence electrons. The van der Waals surface area contributed by atoms with E-state index in [0.29, 0.717) is 11.8 Å². The van der Waals surface area contributed by atoms with Crippen LogP contribution in [0.3, 0.4) is 0 Å². The molecule has 21 heavy (non-hydrogen) atoms. The Hall–Kier alpha value is -1.70. The number of alkyl halides is 3. The number of carboxylic acid groups (broad SMARTS) is 1. The summed E-state index contributed by atoms with van der Waals surface area (Å²) in [5.41, 5.74) is -2.56. The molecule has 1 heterocycles. The fourth-order valence-corrected chi connectivity index (χ4v) is 3.34. The van der Waals surface area contributed by atoms with Crippen molar-refractivity contribution in [3.63, 3.8) is 0 Å². The molecule has 1 fully saturated rings. The maximum atomic E-state index is 12.6. The van der Waals surface area contributed by atoms with Gasteiger partial charge >= 0.3 is 12.1 Å². The number of aliphatic carboxylic acids is 1. The summed E-state index contributed by atoms with van der Waals surface area (Å²) < 4.78 is 37.8. The number of carbonyl (C=O) groups is 2. The Kier molecular flexibility index (Phi) is 4.18. The molecule has 0 aliphatic carbocycles. The van der Waals surface area contributed by atoms with E-state index < -0.39 is 29.2 Å². The minimum absolute atomic E-state index is 0.201. The van der Waals surface area contributed by atoms with Crippen LogP contribution in [0.15, 0.2) is 24.3 Å². The second kappa shape index (κ2) is 5.59. The normalized spacial score (nSPS) is 22.0. The van der Waals surface area contributed by atoms with Gasteiger partial charge in [0, 0.05) is 11.3 Å². The molecule has 1 unspecified atom stereocenters. The van der Waals surface area contributed by atoms with Crippen LogP contribution in [0.5, 0.6) is 0 Å². The van der Waals surface area contributed by atoms with Crippen LogP contribution in [-0.2, 0) is 11.0 Å². The second-order valence-corrected chi connectivity index (χ2v) is 5.83. The first-order valence-electron chi connectivity index (χ1n) is 6.05. The molecular weight excluding hydrogens is 307 g/mol. The van der Waals surface area contributed by atoms with Crippen LogP contribution in [0, 0.1) is 0 Å². The van der Waals surface area contributed by atoms with Gasteiger partial charge in [0.1, 0.15) is 5.54 Å². The summed E-state index contributed by atoms with van der Waals surface area (Å²) in [6, 6.07) is 3.92. The molecule has 1 aliphatic rings. The molecule has 1 aliphatic heterocycles. The third-order valence-electron chi connectivity index (χ3n) is 3.24. The Labute approximate surface area is 122 Å². The molecule has 4 nitrogen and oxygen atoms in total. The Bertz CT molecular complexity index is 568. The molecule has 1 atom stereocenters. The highest BCUT2D eigenvalue weighted by Gasteiger charge is 2.43. The van der Waals surface area contributed by atoms with E-state index in [1.807, 2.05) is 0 Å². The molecule has 1 aromatic rings. The van der Waals surface area contributed by atoms with Gasteiger partial charge in [-0.15, -0.1) is 0 Å². The summed E-state index contributed by atoms with van der Waals surface area (Å²) in [7, 11) is 0. The summed E-state index contributed by atoms with van der Waals surface area (Å²) in [6.07, 6.45) is -4.30. The van der Waals surface area contributed by atoms with Crippen molar-refractivity contribution in [3.05, 3.63) is 35.4 Å². The van der Waals surface area contributed by atoms with Crippen molar-refractivity contribution >= 4 is 23.6 Å². The van der Waals surface area contributed by atoms with E-state index in [0.717, 1.165) is 12.1 Å². The van der Waals surface area contributed by atoms with Gasteiger partial charge in [-0.25, -0.2) is 4.79 Å². The van der Waals surface area contributed by atoms with E-state index in [1.54, 1.807) is 0 Å². The van der Waals surface area contributed by atoms with Crippen molar-refractivity contribution in [2.45, 2.75) is 18.1 Å². The van der Waals surface area contributed by atoms with Gasteiger partial charge in [-0.2, -0.15) is 24.9 Å². The van der Waals surface area contributed by atoms with Crippen molar-refractivity contribution in [3.8, 4) is 0 Å². The average molecular weight is 319 g/mol. The number of amides is 1. The summed E-state index contributed by atoms with van der Waals surface area (Å²) in [4.78, 5) is 23.3. The molecule has 1 amide bonds. The predicted octanol–water partition coefficient (Wildman–Crippen LogP) is 2.40. The predicted molar refractivity (Wildman–Crippen MR) is 71.2 cm³/mol. The molecule has 0 radical (unpaired) electrons. The van der Waals surface area contributed by atoms with Gasteiger partial charge in [0.15, 0.2) is 0 Å². The highest BCUT2D eigenvalue weighted by Crippen LogP contribution is 2.31. The highest BCUT2D eigenvalue weighted by molar-refractivity contribution is 7.99. The molecule has 2 N–H and O–H groups in total. The quantitative estimate of drug-likeness (QED) is 0.898. The Morgan fingerprint density at radius 1 is 1.33 bits per heavy atom. The zero-order valence-corrected chi connectivity index (χ0v) is 11.6. The zero-order chi connectivity index (χ0) is 15.7. The van der Waals surface area contributed by atoms with Crippen LogP contribution in [0.2, 0.25) is 0 Å². The van der Waals surface area contributed by atoms with Gasteiger partial charge in [0.05, 0.1) is 5.56 Å². The van der Waals surface area contributed by atoms with E-state index in [1.165, 1.54) is 17.8 Å². The Morgan fingerprint density at radius 3 is 2.57 bits per heavy atom. The van der Waals surface area contributed by atoms with Crippen LogP contribution in [0.25, 0.3) is 0 Å². The number of benzene rings is 1. The molecule has 0 bridgehead atoms. The van der Waals surface area contributed by atoms with Crippen LogP contribution in [0.1, 0.15) is 22.3 Å². The van der Waals surface area contributed by atoms with Gasteiger partial charge in [-0.05, 0) is 30.4 Å². The molecular formula is C13H12F3NO3S. The molecule has 2 rings (SSSR count). The lowest BCUT2D eigenvalue weighted by atomic mass is 9.98. The van der Waals surface area contributed by atoms with Gasteiger partial charge in [0.2, 0.25) is 0 Å². The van der Waals surface area contributed by atoms with Crippen molar-refractivity contribution in [2.75, 3.05) is 11.5 Å². The van der Waals surface area contributed by atoms with Gasteiger partial charge in [0.25, 0.3) is 5.91 Å². The highest BCUT2D eigenvalue weighted by atomic mass is 32.2. The number of rotatable bonds is 3. The third-order valence-corrected chi connectivity index (χ3v) is 4.43. The number of carboxylic acids is 1. The number of nitrogens with one attached hydrogen (secondary N) is 1. The summed E-state index contributed by atoms with van der Waals surface area (Å²) in [5, 5.41) is 11.6. The maximum absolute atomic E-state index is 12.6. The molecule has 0 saturated carbocycles. The van der Waals surface area contributed by atoms with Crippen molar-refractivity contribution in [2.24, 2.45) is 0 Å². The van der Waals surface area contributed by atoms with E-state index in [4.69, 9.17) is 0 Å². The van der Waals surface area contributed by atoms with Crippen LogP contribution in [-0.4, -0.2) is 34.0 Å². The van der Waals surface area contributed by atoms with Crippen LogP contribution < -0.4 is 5.32 Å². The minimum atomic E-state index is -4.55. The number of halogens is 3. The van der Waals surface area contributed by atoms with E-state index in [9.17, 15) is 27.9 Å². The summed E-state index contributed by atoms with van der Waals surface area (Å²) in [6.45, 7) is 0. The SMILES string of the molecule is O=C(NC1(C(=O)O)CCSC1)c1cccc(C(F)(F)F)c1. The number of thioether (sulfide) groups is 1. The van der Waals surface area contributed by atoms with Gasteiger partial charge in [-0.1, -0.05) is 6.07 Å². The zero-order valence-electron chi connectivity index (χ0n) is 10.7. The standard InChI is InChI=1S/C13H12F3NO3S/c14-13(15,16)9-3-1-2-8(6-9)10(18)17-12(11(19)20)4-5-21-7-12/h1-3,6H,4-5,7H2,(H,17,18)(H,19,20). The fourth-order valence-electron chi connectivity index (χ4n) is 2.01. The first-order valence-corrected chi connectivity index (χ1v) is 7.21. The van der Waals surface area contributed by atoms with E-state index in [-0.39, 0.29) is 17.7 Å². The molecule has 0 spiro atoms. The Balaban J connectivity index is 2.23. The fraction of sp³-hybridized carbons (Fsp3) is 0.385. The molecule has 1 saturated heterocycles. The van der Waals surface area contributed by atoms with E-state index >= 15 is 0 Å². The summed E-state index contributed by atoms with van der Waals surface area (Å²) in [5.74, 6) is -1.21. The number of carbonyl (C=O) groups excluding carboxylic acids is 1. The van der Waals surface area contributed by atoms with Gasteiger partial charge < -0.3 is 10.4 Å². The number of hydrogen-bond acceptors (Lipinski definition) is 3.